The minimum atomic E-state index is -0.462. The zero-order valence-electron chi connectivity index (χ0n) is 17.3. The summed E-state index contributed by atoms with van der Waals surface area (Å²) >= 11 is 0. The number of hydrogen-bond acceptors (Lipinski definition) is 5. The molecule has 32 heavy (non-hydrogen) atoms. The van der Waals surface area contributed by atoms with E-state index >= 15 is 0 Å². The van der Waals surface area contributed by atoms with Gasteiger partial charge in [0.2, 0.25) is 0 Å². The molecule has 5 rings (SSSR count). The molecule has 0 bridgehead atoms. The van der Waals surface area contributed by atoms with Crippen LogP contribution in [-0.2, 0) is 12.8 Å². The zero-order valence-corrected chi connectivity index (χ0v) is 17.3. The molecule has 0 saturated heterocycles. The number of aryl methyl sites for hydroxylation is 2. The number of hydrogen-bond donors (Lipinski definition) is 2. The summed E-state index contributed by atoms with van der Waals surface area (Å²) in [6.45, 7) is 1.71. The lowest BCUT2D eigenvalue weighted by Gasteiger charge is -2.06. The average Bonchev–Trinajstić information content (AvgIpc) is 3.47. The van der Waals surface area contributed by atoms with Gasteiger partial charge in [0, 0.05) is 17.7 Å². The van der Waals surface area contributed by atoms with Gasteiger partial charge in [0.15, 0.2) is 0 Å². The fraction of sp³-hybridized carbons (Fsp3) is 0.125. The molecule has 158 valence electrons. The number of amides is 1. The van der Waals surface area contributed by atoms with Crippen LogP contribution in [0.1, 0.15) is 34.1 Å². The first-order valence-corrected chi connectivity index (χ1v) is 10.2. The van der Waals surface area contributed by atoms with Crippen molar-refractivity contribution in [3.05, 3.63) is 93.2 Å². The molecular weight excluding hydrogens is 406 g/mol. The minimum Gasteiger partial charge on any atom is -0.272 e. The van der Waals surface area contributed by atoms with E-state index in [-0.39, 0.29) is 5.69 Å². The van der Waals surface area contributed by atoms with Crippen LogP contribution in [0.2, 0.25) is 0 Å². The molecule has 0 saturated carbocycles. The maximum Gasteiger partial charge on any atom is 0.289 e. The summed E-state index contributed by atoms with van der Waals surface area (Å²) in [7, 11) is 0. The van der Waals surface area contributed by atoms with Gasteiger partial charge in [-0.05, 0) is 65.4 Å². The molecule has 1 aliphatic carbocycles. The summed E-state index contributed by atoms with van der Waals surface area (Å²) in [5.74, 6) is -0.420. The van der Waals surface area contributed by atoms with E-state index in [4.69, 9.17) is 0 Å². The largest absolute Gasteiger partial charge is 0.289 e. The Morgan fingerprint density at radius 2 is 1.84 bits per heavy atom. The van der Waals surface area contributed by atoms with Gasteiger partial charge in [-0.1, -0.05) is 30.3 Å². The fourth-order valence-electron chi connectivity index (χ4n) is 4.13. The van der Waals surface area contributed by atoms with E-state index in [1.54, 1.807) is 25.1 Å². The molecule has 4 aromatic rings. The van der Waals surface area contributed by atoms with Crippen LogP contribution in [0.4, 0.5) is 5.69 Å². The predicted molar refractivity (Wildman–Crippen MR) is 122 cm³/mol. The Hall–Kier alpha value is -4.33. The molecule has 1 aliphatic rings. The highest BCUT2D eigenvalue weighted by molar-refractivity contribution is 6.03. The first kappa shape index (κ1) is 19.6. The Bertz CT molecular complexity index is 1390. The highest BCUT2D eigenvalue weighted by Gasteiger charge is 2.18. The van der Waals surface area contributed by atoms with E-state index in [1.807, 2.05) is 0 Å². The number of nitro groups is 1. The van der Waals surface area contributed by atoms with E-state index in [2.05, 4.69) is 51.1 Å². The van der Waals surface area contributed by atoms with Gasteiger partial charge in [-0.3, -0.25) is 20.0 Å². The minimum absolute atomic E-state index is 0.00128. The number of nitrogens with one attached hydrogen (secondary N) is 2. The third-order valence-electron chi connectivity index (χ3n) is 5.80. The molecule has 0 atom stereocenters. The molecule has 8 heteroatoms. The standard InChI is InChI=1S/C24H19N5O3/c1-14(15-7-10-18(11-8-15)29(31)32)25-28-24(30)22-13-21(26-27-22)19-12-9-17-6-5-16-3-2-4-20(19)23(16)17/h2-4,7-13H,5-6H2,1H3,(H,26,27)(H,28,30)/b25-14+. The lowest BCUT2D eigenvalue weighted by Crippen LogP contribution is -2.19. The molecule has 8 nitrogen and oxygen atoms in total. The maximum absolute atomic E-state index is 12.6. The van der Waals surface area contributed by atoms with Crippen molar-refractivity contribution >= 4 is 28.1 Å². The smallest absolute Gasteiger partial charge is 0.272 e. The molecule has 3 aromatic carbocycles. The molecule has 0 aliphatic heterocycles. The number of H-pyrrole nitrogens is 1. The van der Waals surface area contributed by atoms with E-state index in [0.29, 0.717) is 22.7 Å². The van der Waals surface area contributed by atoms with Gasteiger partial charge in [-0.15, -0.1) is 0 Å². The van der Waals surface area contributed by atoms with Crippen molar-refractivity contribution in [2.24, 2.45) is 5.10 Å². The molecule has 1 amide bonds. The van der Waals surface area contributed by atoms with Gasteiger partial charge in [-0.2, -0.15) is 10.2 Å². The van der Waals surface area contributed by atoms with Crippen LogP contribution in [-0.4, -0.2) is 26.7 Å². The normalized spacial score (nSPS) is 12.8. The van der Waals surface area contributed by atoms with Crippen molar-refractivity contribution in [1.29, 1.82) is 0 Å². The van der Waals surface area contributed by atoms with Gasteiger partial charge in [-0.25, -0.2) is 5.43 Å². The second kappa shape index (κ2) is 7.73. The Kier molecular flexibility index (Phi) is 4.74. The fourth-order valence-corrected chi connectivity index (χ4v) is 4.13. The monoisotopic (exact) mass is 425 g/mol. The molecule has 0 radical (unpaired) electrons. The van der Waals surface area contributed by atoms with Crippen LogP contribution in [0, 0.1) is 10.1 Å². The molecule has 1 aromatic heterocycles. The van der Waals surface area contributed by atoms with E-state index in [9.17, 15) is 14.9 Å². The number of nitro benzene ring substituents is 1. The highest BCUT2D eigenvalue weighted by atomic mass is 16.6. The lowest BCUT2D eigenvalue weighted by atomic mass is 9.98. The van der Waals surface area contributed by atoms with Gasteiger partial charge in [0.05, 0.1) is 16.3 Å². The van der Waals surface area contributed by atoms with Gasteiger partial charge in [0.1, 0.15) is 5.69 Å². The summed E-state index contributed by atoms with van der Waals surface area (Å²) in [6, 6.07) is 18.2. The van der Waals surface area contributed by atoms with Crippen LogP contribution < -0.4 is 5.43 Å². The van der Waals surface area contributed by atoms with Crippen LogP contribution >= 0.6 is 0 Å². The topological polar surface area (TPSA) is 113 Å². The first-order chi connectivity index (χ1) is 15.5. The third-order valence-corrected chi connectivity index (χ3v) is 5.80. The van der Waals surface area contributed by atoms with Crippen molar-refractivity contribution in [2.45, 2.75) is 19.8 Å². The molecular formula is C24H19N5O3. The number of non-ortho nitro benzene ring substituents is 1. The second-order valence-corrected chi connectivity index (χ2v) is 7.72. The van der Waals surface area contributed by atoms with Gasteiger partial charge in [0.25, 0.3) is 11.6 Å². The van der Waals surface area contributed by atoms with Crippen molar-refractivity contribution in [2.75, 3.05) is 0 Å². The summed E-state index contributed by atoms with van der Waals surface area (Å²) in [4.78, 5) is 22.9. The molecule has 0 unspecified atom stereocenters. The summed E-state index contributed by atoms with van der Waals surface area (Å²) in [5.41, 5.74) is 8.38. The van der Waals surface area contributed by atoms with Crippen LogP contribution in [0.25, 0.3) is 22.0 Å². The van der Waals surface area contributed by atoms with Crippen molar-refractivity contribution < 1.29 is 9.72 Å². The molecule has 0 fully saturated rings. The third kappa shape index (κ3) is 3.41. The molecule has 0 spiro atoms. The number of aromatic amines is 1. The van der Waals surface area contributed by atoms with E-state index < -0.39 is 10.8 Å². The predicted octanol–water partition coefficient (Wildman–Crippen LogP) is 4.39. The first-order valence-electron chi connectivity index (χ1n) is 10.2. The van der Waals surface area contributed by atoms with E-state index in [0.717, 1.165) is 23.8 Å². The molecule has 2 N–H and O–H groups in total. The second-order valence-electron chi connectivity index (χ2n) is 7.72. The van der Waals surface area contributed by atoms with E-state index in [1.165, 1.54) is 28.6 Å². The van der Waals surface area contributed by atoms with Crippen LogP contribution in [0.5, 0.6) is 0 Å². The number of carbonyl (C=O) groups excluding carboxylic acids is 1. The van der Waals surface area contributed by atoms with Crippen molar-refractivity contribution in [3.63, 3.8) is 0 Å². The number of aromatic nitrogens is 2. The number of nitrogens with zero attached hydrogens (tertiary/aromatic N) is 3. The highest BCUT2D eigenvalue weighted by Crippen LogP contribution is 2.36. The Labute approximate surface area is 183 Å². The summed E-state index contributed by atoms with van der Waals surface area (Å²) in [5, 5.41) is 24.5. The SMILES string of the molecule is C/C(=N\NC(=O)c1cc(-c2ccc3c4c(cccc24)CC3)n[nH]1)c1ccc([N+](=O)[O-])cc1. The number of rotatable bonds is 5. The number of benzene rings is 3. The number of hydrazone groups is 1. The van der Waals surface area contributed by atoms with Crippen molar-refractivity contribution in [3.8, 4) is 11.3 Å². The average molecular weight is 425 g/mol. The van der Waals surface area contributed by atoms with Gasteiger partial charge < -0.3 is 0 Å². The Morgan fingerprint density at radius 3 is 2.59 bits per heavy atom. The Morgan fingerprint density at radius 1 is 1.09 bits per heavy atom. The Balaban J connectivity index is 1.36. The maximum atomic E-state index is 12.6. The summed E-state index contributed by atoms with van der Waals surface area (Å²) in [6.07, 6.45) is 2.10. The molecule has 1 heterocycles. The van der Waals surface area contributed by atoms with Crippen molar-refractivity contribution in [1.82, 2.24) is 15.6 Å². The zero-order chi connectivity index (χ0) is 22.2. The quantitative estimate of drug-likeness (QED) is 0.280. The number of carbonyl (C=O) groups is 1. The summed E-state index contributed by atoms with van der Waals surface area (Å²) < 4.78 is 0. The van der Waals surface area contributed by atoms with Crippen LogP contribution in [0.3, 0.4) is 0 Å². The van der Waals surface area contributed by atoms with Gasteiger partial charge >= 0.3 is 0 Å². The van der Waals surface area contributed by atoms with Crippen LogP contribution in [0.15, 0.2) is 65.8 Å². The lowest BCUT2D eigenvalue weighted by molar-refractivity contribution is -0.384.